The van der Waals surface area contributed by atoms with Crippen LogP contribution in [0, 0.1) is 17.5 Å². The van der Waals surface area contributed by atoms with E-state index in [1.165, 1.54) is 6.92 Å². The first-order valence-corrected chi connectivity index (χ1v) is 4.25. The quantitative estimate of drug-likeness (QED) is 0.604. The fourth-order valence-electron chi connectivity index (χ4n) is 0.963. The molecule has 0 heterocycles. The summed E-state index contributed by atoms with van der Waals surface area (Å²) in [6.45, 7) is 1.20. The largest absolute Gasteiger partial charge is 0.388 e. The molecule has 1 nitrogen and oxygen atoms in total. The lowest BCUT2D eigenvalue weighted by Crippen LogP contribution is -2.02. The van der Waals surface area contributed by atoms with Gasteiger partial charge in [0.1, 0.15) is 17.5 Å². The van der Waals surface area contributed by atoms with Gasteiger partial charge in [0, 0.05) is 6.07 Å². The Labute approximate surface area is 81.3 Å². The van der Waals surface area contributed by atoms with Gasteiger partial charge in [-0.2, -0.15) is 0 Å². The number of halogens is 4. The lowest BCUT2D eigenvalue weighted by Gasteiger charge is -2.09. The van der Waals surface area contributed by atoms with Gasteiger partial charge in [-0.05, 0) is 22.9 Å². The van der Waals surface area contributed by atoms with Crippen LogP contribution in [0.25, 0.3) is 0 Å². The van der Waals surface area contributed by atoms with Gasteiger partial charge in [0.05, 0.1) is 16.1 Å². The Morgan fingerprint density at radius 3 is 2.31 bits per heavy atom. The van der Waals surface area contributed by atoms with Crippen molar-refractivity contribution in [3.63, 3.8) is 0 Å². The van der Waals surface area contributed by atoms with Crippen LogP contribution < -0.4 is 0 Å². The maximum absolute atomic E-state index is 13.1. The number of aliphatic hydroxyl groups excluding tert-OH is 1. The molecule has 0 bridgehead atoms. The van der Waals surface area contributed by atoms with Gasteiger partial charge >= 0.3 is 0 Å². The Morgan fingerprint density at radius 2 is 1.85 bits per heavy atom. The molecule has 13 heavy (non-hydrogen) atoms. The molecule has 0 fully saturated rings. The van der Waals surface area contributed by atoms with Crippen LogP contribution >= 0.6 is 15.9 Å². The zero-order valence-corrected chi connectivity index (χ0v) is 8.20. The Kier molecular flexibility index (Phi) is 2.98. The minimum atomic E-state index is -1.31. The highest BCUT2D eigenvalue weighted by Crippen LogP contribution is 2.28. The van der Waals surface area contributed by atoms with Crippen molar-refractivity contribution in [1.29, 1.82) is 0 Å². The predicted octanol–water partition coefficient (Wildman–Crippen LogP) is 2.92. The molecule has 0 aliphatic rings. The summed E-state index contributed by atoms with van der Waals surface area (Å²) >= 11 is 2.60. The van der Waals surface area contributed by atoms with Gasteiger partial charge in [-0.25, -0.2) is 13.2 Å². The van der Waals surface area contributed by atoms with Gasteiger partial charge in [0.25, 0.3) is 0 Å². The van der Waals surface area contributed by atoms with Crippen LogP contribution in [0.1, 0.15) is 18.6 Å². The summed E-state index contributed by atoms with van der Waals surface area (Å²) in [5.41, 5.74) is -0.534. The Balaban J connectivity index is 3.44. The summed E-state index contributed by atoms with van der Waals surface area (Å²) in [6.07, 6.45) is -1.31. The summed E-state index contributed by atoms with van der Waals surface area (Å²) in [4.78, 5) is 0. The van der Waals surface area contributed by atoms with Gasteiger partial charge in [-0.1, -0.05) is 0 Å². The normalized spacial score (nSPS) is 13.1. The monoisotopic (exact) mass is 254 g/mol. The second-order valence-corrected chi connectivity index (χ2v) is 3.35. The maximum atomic E-state index is 13.1. The molecule has 0 aliphatic heterocycles. The highest BCUT2D eigenvalue weighted by atomic mass is 79.9. The van der Waals surface area contributed by atoms with E-state index in [0.29, 0.717) is 6.07 Å². The van der Waals surface area contributed by atoms with E-state index in [0.717, 1.165) is 0 Å². The number of rotatable bonds is 1. The summed E-state index contributed by atoms with van der Waals surface area (Å²) < 4.78 is 38.2. The van der Waals surface area contributed by atoms with Crippen molar-refractivity contribution in [2.45, 2.75) is 13.0 Å². The second-order valence-electron chi connectivity index (χ2n) is 2.56. The molecule has 0 aromatic heterocycles. The van der Waals surface area contributed by atoms with E-state index in [1.807, 2.05) is 0 Å². The molecule has 1 rings (SSSR count). The van der Waals surface area contributed by atoms with Crippen LogP contribution in [0.5, 0.6) is 0 Å². The molecule has 72 valence electrons. The first-order chi connectivity index (χ1) is 5.95. The molecule has 5 heteroatoms. The van der Waals surface area contributed by atoms with Crippen LogP contribution in [0.4, 0.5) is 13.2 Å². The van der Waals surface area contributed by atoms with Crippen molar-refractivity contribution < 1.29 is 18.3 Å². The smallest absolute Gasteiger partial charge is 0.149 e. The van der Waals surface area contributed by atoms with Gasteiger partial charge in [-0.3, -0.25) is 0 Å². The van der Waals surface area contributed by atoms with E-state index in [2.05, 4.69) is 15.9 Å². The van der Waals surface area contributed by atoms with Crippen molar-refractivity contribution in [3.05, 3.63) is 33.6 Å². The SMILES string of the molecule is CC(O)c1c(F)cc(F)c(Br)c1F. The number of hydrogen-bond acceptors (Lipinski definition) is 1. The summed E-state index contributed by atoms with van der Waals surface area (Å²) in [5, 5.41) is 8.98. The molecular formula is C8H6BrF3O. The van der Waals surface area contributed by atoms with Crippen molar-refractivity contribution in [2.24, 2.45) is 0 Å². The van der Waals surface area contributed by atoms with E-state index in [-0.39, 0.29) is 0 Å². The number of hydrogen-bond donors (Lipinski definition) is 1. The van der Waals surface area contributed by atoms with Crippen molar-refractivity contribution in [2.75, 3.05) is 0 Å². The molecule has 0 radical (unpaired) electrons. The Hall–Kier alpha value is -0.550. The highest BCUT2D eigenvalue weighted by Gasteiger charge is 2.20. The van der Waals surface area contributed by atoms with E-state index in [4.69, 9.17) is 5.11 Å². The van der Waals surface area contributed by atoms with Crippen molar-refractivity contribution in [1.82, 2.24) is 0 Å². The summed E-state index contributed by atoms with van der Waals surface area (Å²) in [6, 6.07) is 0.523. The van der Waals surface area contributed by atoms with Gasteiger partial charge < -0.3 is 5.11 Å². The summed E-state index contributed by atoms with van der Waals surface area (Å²) in [7, 11) is 0. The molecule has 0 saturated carbocycles. The second kappa shape index (κ2) is 3.67. The van der Waals surface area contributed by atoms with Crippen LogP contribution in [-0.2, 0) is 0 Å². The maximum Gasteiger partial charge on any atom is 0.149 e. The third-order valence-electron chi connectivity index (χ3n) is 1.57. The van der Waals surface area contributed by atoms with Crippen molar-refractivity contribution in [3.8, 4) is 0 Å². The fraction of sp³-hybridized carbons (Fsp3) is 0.250. The molecule has 1 unspecified atom stereocenters. The number of aliphatic hydroxyl groups is 1. The molecule has 0 amide bonds. The molecule has 1 aromatic carbocycles. The number of benzene rings is 1. The zero-order chi connectivity index (χ0) is 10.2. The highest BCUT2D eigenvalue weighted by molar-refractivity contribution is 9.10. The molecule has 0 spiro atoms. The first kappa shape index (κ1) is 10.5. The molecule has 1 atom stereocenters. The van der Waals surface area contributed by atoms with Crippen LogP contribution in [0.2, 0.25) is 0 Å². The molecular weight excluding hydrogens is 249 g/mol. The Morgan fingerprint density at radius 1 is 1.31 bits per heavy atom. The van der Waals surface area contributed by atoms with Crippen LogP contribution in [-0.4, -0.2) is 5.11 Å². The van der Waals surface area contributed by atoms with Crippen molar-refractivity contribution >= 4 is 15.9 Å². The molecule has 1 aromatic rings. The zero-order valence-electron chi connectivity index (χ0n) is 6.61. The average Bonchev–Trinajstić information content (AvgIpc) is 1.99. The lowest BCUT2D eigenvalue weighted by molar-refractivity contribution is 0.188. The average molecular weight is 255 g/mol. The van der Waals surface area contributed by atoms with E-state index < -0.39 is 33.6 Å². The molecule has 0 saturated heterocycles. The molecule has 1 N–H and O–H groups in total. The fourth-order valence-corrected chi connectivity index (χ4v) is 1.29. The third kappa shape index (κ3) is 1.86. The van der Waals surface area contributed by atoms with Gasteiger partial charge in [-0.15, -0.1) is 0 Å². The lowest BCUT2D eigenvalue weighted by atomic mass is 10.1. The molecule has 0 aliphatic carbocycles. The minimum Gasteiger partial charge on any atom is -0.388 e. The standard InChI is InChI=1S/C8H6BrF3O/c1-3(13)6-4(10)2-5(11)7(9)8(6)12/h2-3,13H,1H3. The predicted molar refractivity (Wildman–Crippen MR) is 44.6 cm³/mol. The topological polar surface area (TPSA) is 20.2 Å². The third-order valence-corrected chi connectivity index (χ3v) is 2.29. The Bertz CT molecular complexity index is 339. The van der Waals surface area contributed by atoms with E-state index >= 15 is 0 Å². The van der Waals surface area contributed by atoms with E-state index in [1.54, 1.807) is 0 Å². The minimum absolute atomic E-state index is 0.468. The van der Waals surface area contributed by atoms with Gasteiger partial charge in [0.15, 0.2) is 0 Å². The van der Waals surface area contributed by atoms with Gasteiger partial charge in [0.2, 0.25) is 0 Å². The van der Waals surface area contributed by atoms with E-state index in [9.17, 15) is 13.2 Å². The summed E-state index contributed by atoms with van der Waals surface area (Å²) in [5.74, 6) is -3.22. The first-order valence-electron chi connectivity index (χ1n) is 3.46. The van der Waals surface area contributed by atoms with Crippen LogP contribution in [0.15, 0.2) is 10.5 Å². The van der Waals surface area contributed by atoms with Crippen LogP contribution in [0.3, 0.4) is 0 Å².